The van der Waals surface area contributed by atoms with Gasteiger partial charge in [0.15, 0.2) is 17.3 Å². The smallest absolute Gasteiger partial charge is 0.231 e. The van der Waals surface area contributed by atoms with E-state index in [2.05, 4.69) is 5.43 Å². The molecular formula is C19H16ClFN2O3. The maximum absolute atomic E-state index is 12.6. The van der Waals surface area contributed by atoms with E-state index in [4.69, 9.17) is 26.9 Å². The number of benzene rings is 2. The van der Waals surface area contributed by atoms with Gasteiger partial charge in [0.25, 0.3) is 0 Å². The second-order valence-electron chi connectivity index (χ2n) is 5.54. The van der Waals surface area contributed by atoms with E-state index >= 15 is 0 Å². The lowest BCUT2D eigenvalue weighted by Crippen LogP contribution is -2.20. The summed E-state index contributed by atoms with van der Waals surface area (Å²) in [6, 6.07) is 10.1. The van der Waals surface area contributed by atoms with E-state index < -0.39 is 5.82 Å². The van der Waals surface area contributed by atoms with Crippen molar-refractivity contribution in [2.75, 3.05) is 6.79 Å². The Balaban J connectivity index is 0.000000160. The Hall–Kier alpha value is -2.67. The highest BCUT2D eigenvalue weighted by Crippen LogP contribution is 2.33. The van der Waals surface area contributed by atoms with Gasteiger partial charge in [0.05, 0.1) is 5.02 Å². The van der Waals surface area contributed by atoms with Crippen LogP contribution in [0.15, 0.2) is 54.1 Å². The molecule has 134 valence electrons. The van der Waals surface area contributed by atoms with Gasteiger partial charge >= 0.3 is 0 Å². The minimum absolute atomic E-state index is 0.0765. The highest BCUT2D eigenvalue weighted by atomic mass is 35.5. The fraction of sp³-hybridized carbons (Fsp3) is 0.105. The van der Waals surface area contributed by atoms with Crippen LogP contribution in [-0.4, -0.2) is 12.6 Å². The van der Waals surface area contributed by atoms with Crippen molar-refractivity contribution in [3.8, 4) is 11.5 Å². The van der Waals surface area contributed by atoms with Crippen LogP contribution in [0.4, 0.5) is 4.39 Å². The van der Waals surface area contributed by atoms with E-state index in [1.807, 2.05) is 24.3 Å². The molecule has 1 heterocycles. The van der Waals surface area contributed by atoms with Gasteiger partial charge in [-0.15, -0.1) is 0 Å². The quantitative estimate of drug-likeness (QED) is 0.489. The SMILES string of the molecule is NNCc1ccc(F)c(Cl)c1.O=C1C=CC1=Cc1ccc2c(c1)OCO2. The molecule has 0 saturated carbocycles. The van der Waals surface area contributed by atoms with E-state index in [1.54, 1.807) is 18.2 Å². The second-order valence-corrected chi connectivity index (χ2v) is 5.95. The minimum atomic E-state index is -0.410. The standard InChI is InChI=1S/C12H8O3.C7H8ClFN2/c13-10-3-2-9(10)5-8-1-4-11-12(6-8)15-7-14-11;8-6-3-5(4-11-10)1-2-7(6)9/h1-6H,7H2;1-3,11H,4,10H2. The highest BCUT2D eigenvalue weighted by Gasteiger charge is 2.15. The predicted molar refractivity (Wildman–Crippen MR) is 97.1 cm³/mol. The van der Waals surface area contributed by atoms with E-state index in [1.165, 1.54) is 12.1 Å². The van der Waals surface area contributed by atoms with Gasteiger partial charge in [-0.05, 0) is 53.6 Å². The monoisotopic (exact) mass is 374 g/mol. The van der Waals surface area contributed by atoms with Crippen molar-refractivity contribution in [1.82, 2.24) is 5.43 Å². The topological polar surface area (TPSA) is 73.6 Å². The van der Waals surface area contributed by atoms with Crippen LogP contribution < -0.4 is 20.7 Å². The molecule has 0 aromatic heterocycles. The molecule has 0 fully saturated rings. The molecule has 0 atom stereocenters. The number of carbonyl (C=O) groups excluding carboxylic acids is 1. The van der Waals surface area contributed by atoms with Gasteiger partial charge in [-0.1, -0.05) is 23.7 Å². The number of nitrogens with two attached hydrogens (primary N) is 1. The third kappa shape index (κ3) is 4.29. The molecule has 0 radical (unpaired) electrons. The zero-order chi connectivity index (χ0) is 18.5. The molecule has 0 unspecified atom stereocenters. The van der Waals surface area contributed by atoms with Gasteiger partial charge in [0.2, 0.25) is 6.79 Å². The summed E-state index contributed by atoms with van der Waals surface area (Å²) in [7, 11) is 0. The van der Waals surface area contributed by atoms with Crippen molar-refractivity contribution < 1.29 is 18.7 Å². The van der Waals surface area contributed by atoms with Crippen molar-refractivity contribution >= 4 is 23.5 Å². The maximum atomic E-state index is 12.6. The lowest BCUT2D eigenvalue weighted by Gasteiger charge is -2.05. The summed E-state index contributed by atoms with van der Waals surface area (Å²) < 4.78 is 23.0. The summed E-state index contributed by atoms with van der Waals surface area (Å²) in [5, 5.41) is 0.123. The van der Waals surface area contributed by atoms with Crippen molar-refractivity contribution in [2.45, 2.75) is 6.54 Å². The van der Waals surface area contributed by atoms with Crippen LogP contribution in [0.5, 0.6) is 11.5 Å². The molecule has 0 amide bonds. The molecule has 0 saturated heterocycles. The fourth-order valence-electron chi connectivity index (χ4n) is 2.32. The van der Waals surface area contributed by atoms with Crippen LogP contribution >= 0.6 is 11.6 Å². The third-order valence-electron chi connectivity index (χ3n) is 3.71. The number of nitrogens with one attached hydrogen (secondary N) is 1. The van der Waals surface area contributed by atoms with E-state index in [0.717, 1.165) is 28.2 Å². The van der Waals surface area contributed by atoms with Crippen LogP contribution in [0, 0.1) is 5.82 Å². The van der Waals surface area contributed by atoms with E-state index in [0.29, 0.717) is 6.54 Å². The predicted octanol–water partition coefficient (Wildman–Crippen LogP) is 3.38. The number of halogens is 2. The van der Waals surface area contributed by atoms with Gasteiger partial charge in [0.1, 0.15) is 5.82 Å². The van der Waals surface area contributed by atoms with Gasteiger partial charge in [-0.25, -0.2) is 4.39 Å². The minimum Gasteiger partial charge on any atom is -0.454 e. The van der Waals surface area contributed by atoms with Crippen molar-refractivity contribution in [3.63, 3.8) is 0 Å². The van der Waals surface area contributed by atoms with Crippen LogP contribution in [0.3, 0.4) is 0 Å². The molecule has 7 heteroatoms. The van der Waals surface area contributed by atoms with Crippen LogP contribution in [0.1, 0.15) is 11.1 Å². The molecule has 0 bridgehead atoms. The molecule has 5 nitrogen and oxygen atoms in total. The average Bonchev–Trinajstić information content (AvgIpc) is 3.10. The molecule has 0 spiro atoms. The van der Waals surface area contributed by atoms with Crippen molar-refractivity contribution in [2.24, 2.45) is 5.84 Å². The molecule has 1 aliphatic heterocycles. The molecule has 2 aliphatic rings. The summed E-state index contributed by atoms with van der Waals surface area (Å²) in [6.45, 7) is 0.758. The Morgan fingerprint density at radius 3 is 2.62 bits per heavy atom. The van der Waals surface area contributed by atoms with Crippen LogP contribution in [0.2, 0.25) is 5.02 Å². The van der Waals surface area contributed by atoms with E-state index in [9.17, 15) is 9.18 Å². The molecule has 2 aromatic rings. The Labute approximate surface area is 154 Å². The Bertz CT molecular complexity index is 896. The summed E-state index contributed by atoms with van der Waals surface area (Å²) in [4.78, 5) is 11.1. The number of fused-ring (bicyclic) bond motifs is 1. The van der Waals surface area contributed by atoms with Crippen LogP contribution in [-0.2, 0) is 11.3 Å². The summed E-state index contributed by atoms with van der Waals surface area (Å²) >= 11 is 5.51. The molecule has 2 aromatic carbocycles. The van der Waals surface area contributed by atoms with Gasteiger partial charge in [-0.3, -0.25) is 16.1 Å². The maximum Gasteiger partial charge on any atom is 0.231 e. The second kappa shape index (κ2) is 8.14. The third-order valence-corrected chi connectivity index (χ3v) is 4.00. The molecule has 26 heavy (non-hydrogen) atoms. The summed E-state index contributed by atoms with van der Waals surface area (Å²) in [5.74, 6) is 6.22. The number of carbonyl (C=O) groups is 1. The Morgan fingerprint density at radius 2 is 1.96 bits per heavy atom. The van der Waals surface area contributed by atoms with Crippen LogP contribution in [0.25, 0.3) is 6.08 Å². The number of allylic oxidation sites excluding steroid dienone is 3. The molecule has 3 N–H and O–H groups in total. The van der Waals surface area contributed by atoms with Gasteiger partial charge in [-0.2, -0.15) is 0 Å². The highest BCUT2D eigenvalue weighted by molar-refractivity contribution is 6.30. The number of ketones is 1. The largest absolute Gasteiger partial charge is 0.454 e. The van der Waals surface area contributed by atoms with Crippen molar-refractivity contribution in [1.29, 1.82) is 0 Å². The first kappa shape index (κ1) is 18.1. The first-order valence-electron chi connectivity index (χ1n) is 7.78. The lowest BCUT2D eigenvalue weighted by atomic mass is 9.98. The average molecular weight is 375 g/mol. The van der Waals surface area contributed by atoms with Gasteiger partial charge in [0, 0.05) is 12.1 Å². The zero-order valence-electron chi connectivity index (χ0n) is 13.7. The summed E-state index contributed by atoms with van der Waals surface area (Å²) in [5.41, 5.74) is 4.99. The first-order chi connectivity index (χ1) is 12.6. The molecule has 1 aliphatic carbocycles. The number of hydrazine groups is 1. The van der Waals surface area contributed by atoms with Gasteiger partial charge < -0.3 is 9.47 Å². The zero-order valence-corrected chi connectivity index (χ0v) is 14.4. The Kier molecular flexibility index (Phi) is 5.68. The number of ether oxygens (including phenoxy) is 2. The number of hydrogen-bond acceptors (Lipinski definition) is 5. The Morgan fingerprint density at radius 1 is 1.15 bits per heavy atom. The fourth-order valence-corrected chi connectivity index (χ4v) is 2.52. The number of hydrogen-bond donors (Lipinski definition) is 2. The summed E-state index contributed by atoms with van der Waals surface area (Å²) in [6.07, 6.45) is 5.19. The number of rotatable bonds is 3. The normalized spacial score (nSPS) is 15.5. The van der Waals surface area contributed by atoms with Crippen molar-refractivity contribution in [3.05, 3.63) is 76.1 Å². The molecule has 4 rings (SSSR count). The lowest BCUT2D eigenvalue weighted by molar-refractivity contribution is -0.111. The molecular weight excluding hydrogens is 359 g/mol. The van der Waals surface area contributed by atoms with E-state index in [-0.39, 0.29) is 17.6 Å². The first-order valence-corrected chi connectivity index (χ1v) is 8.16.